The topological polar surface area (TPSA) is 122 Å². The summed E-state index contributed by atoms with van der Waals surface area (Å²) in [5.41, 5.74) is 0. The van der Waals surface area contributed by atoms with Crippen molar-refractivity contribution in [3.05, 3.63) is 29.0 Å². The van der Waals surface area contributed by atoms with E-state index in [1.807, 2.05) is 0 Å². The number of hydrogen-bond donors (Lipinski definition) is 3. The van der Waals surface area contributed by atoms with Crippen LogP contribution in [0.15, 0.2) is 29.0 Å². The molecule has 0 aliphatic rings. The van der Waals surface area contributed by atoms with Crippen LogP contribution in [0, 0.1) is 0 Å². The van der Waals surface area contributed by atoms with Crippen LogP contribution in [-0.2, 0) is 15.7 Å². The zero-order valence-electron chi connectivity index (χ0n) is 9.30. The summed E-state index contributed by atoms with van der Waals surface area (Å²) in [5.74, 6) is 0. The van der Waals surface area contributed by atoms with Crippen LogP contribution in [0.2, 0.25) is 0 Å². The molecule has 1 aromatic rings. The molecule has 0 fully saturated rings. The Bertz CT molecular complexity index is 516. The van der Waals surface area contributed by atoms with Crippen LogP contribution < -0.4 is 9.46 Å². The molecule has 0 aliphatic carbocycles. The van der Waals surface area contributed by atoms with Crippen molar-refractivity contribution in [3.8, 4) is 0 Å². The van der Waals surface area contributed by atoms with Gasteiger partial charge < -0.3 is 24.4 Å². The Labute approximate surface area is 112 Å². The smallest absolute Gasteiger partial charge is 0.263 e. The highest BCUT2D eigenvalue weighted by Gasteiger charge is 2.54. The van der Waals surface area contributed by atoms with E-state index in [0.717, 1.165) is 0 Å². The Morgan fingerprint density at radius 3 is 2.44 bits per heavy atom. The maximum absolute atomic E-state index is 11.5. The summed E-state index contributed by atoms with van der Waals surface area (Å²) in [6, 6.07) is 3.19. The van der Waals surface area contributed by atoms with Gasteiger partial charge in [0.15, 0.2) is 26.5 Å². The lowest BCUT2D eigenvalue weighted by Crippen LogP contribution is -2.48. The van der Waals surface area contributed by atoms with Crippen LogP contribution in [0.4, 0.5) is 0 Å². The van der Waals surface area contributed by atoms with Gasteiger partial charge in [-0.1, -0.05) is 0 Å². The number of hydrogen-bond acceptors (Lipinski definition) is 4. The number of nitrogens with zero attached hydrogens (tertiary/aromatic N) is 1. The molecule has 0 aliphatic heterocycles. The van der Waals surface area contributed by atoms with Gasteiger partial charge in [0.2, 0.25) is 7.37 Å². The molecule has 18 heavy (non-hydrogen) atoms. The lowest BCUT2D eigenvalue weighted by atomic mass is 10.5. The average Bonchev–Trinajstić information content (AvgIpc) is 2.13. The van der Waals surface area contributed by atoms with Gasteiger partial charge in [0.1, 0.15) is 0 Å². The van der Waals surface area contributed by atoms with Crippen molar-refractivity contribution < 1.29 is 33.5 Å². The Balaban J connectivity index is 3.25. The molecule has 3 atom stereocenters. The SMILES string of the molecule is CP(=O)(O)C(O)(C[n+]1cccc(Br)c1)P(=O)([O-])O. The summed E-state index contributed by atoms with van der Waals surface area (Å²) in [6.45, 7) is -0.0830. The monoisotopic (exact) mass is 359 g/mol. The lowest BCUT2D eigenvalue weighted by Gasteiger charge is -2.35. The zero-order valence-corrected chi connectivity index (χ0v) is 12.7. The fourth-order valence-electron chi connectivity index (χ4n) is 1.29. The van der Waals surface area contributed by atoms with E-state index >= 15 is 0 Å². The number of pyridine rings is 1. The van der Waals surface area contributed by atoms with E-state index in [1.54, 1.807) is 6.07 Å². The molecule has 1 heterocycles. The van der Waals surface area contributed by atoms with E-state index in [-0.39, 0.29) is 0 Å². The first kappa shape index (κ1) is 16.0. The minimum atomic E-state index is -5.43. The first-order valence-electron chi connectivity index (χ1n) is 4.68. The molecule has 0 bridgehead atoms. The van der Waals surface area contributed by atoms with Crippen molar-refractivity contribution in [1.29, 1.82) is 0 Å². The van der Waals surface area contributed by atoms with E-state index in [1.165, 1.54) is 23.0 Å². The highest BCUT2D eigenvalue weighted by atomic mass is 79.9. The predicted octanol–water partition coefficient (Wildman–Crippen LogP) is -0.171. The van der Waals surface area contributed by atoms with Crippen molar-refractivity contribution in [2.45, 2.75) is 11.6 Å². The van der Waals surface area contributed by atoms with Crippen molar-refractivity contribution in [3.63, 3.8) is 0 Å². The van der Waals surface area contributed by atoms with Gasteiger partial charge in [-0.15, -0.1) is 0 Å². The van der Waals surface area contributed by atoms with Gasteiger partial charge in [-0.25, -0.2) is 0 Å². The fourth-order valence-corrected chi connectivity index (χ4v) is 4.35. The number of aliphatic hydroxyl groups is 1. The van der Waals surface area contributed by atoms with Crippen LogP contribution in [0.25, 0.3) is 0 Å². The third-order valence-corrected chi connectivity index (χ3v) is 7.19. The van der Waals surface area contributed by atoms with Gasteiger partial charge in [-0.3, -0.25) is 4.57 Å². The maximum Gasteiger partial charge on any atom is 0.263 e. The third-order valence-electron chi connectivity index (χ3n) is 2.33. The van der Waals surface area contributed by atoms with Crippen molar-refractivity contribution in [2.24, 2.45) is 0 Å². The molecular formula is C8H12BrNO6P2. The molecule has 7 nitrogen and oxygen atoms in total. The maximum atomic E-state index is 11.5. The molecule has 0 amide bonds. The van der Waals surface area contributed by atoms with Crippen LogP contribution in [0.3, 0.4) is 0 Å². The van der Waals surface area contributed by atoms with E-state index in [2.05, 4.69) is 15.9 Å². The Kier molecular flexibility index (Phi) is 4.56. The van der Waals surface area contributed by atoms with Crippen molar-refractivity contribution in [2.75, 3.05) is 6.66 Å². The Hall–Kier alpha value is -0.0700. The van der Waals surface area contributed by atoms with Gasteiger partial charge in [0, 0.05) is 12.7 Å². The normalized spacial score (nSPS) is 21.7. The summed E-state index contributed by atoms with van der Waals surface area (Å²) in [6.07, 6.45) is 2.79. The second-order valence-electron chi connectivity index (χ2n) is 3.87. The van der Waals surface area contributed by atoms with Crippen LogP contribution in [0.5, 0.6) is 0 Å². The van der Waals surface area contributed by atoms with Crippen LogP contribution in [0.1, 0.15) is 0 Å². The molecule has 1 aromatic heterocycles. The molecule has 0 spiro atoms. The summed E-state index contributed by atoms with van der Waals surface area (Å²) < 4.78 is 24.4. The molecule has 3 N–H and O–H groups in total. The first-order chi connectivity index (χ1) is 7.97. The quantitative estimate of drug-likeness (QED) is 0.506. The minimum Gasteiger partial charge on any atom is -0.776 e. The molecular weight excluding hydrogens is 348 g/mol. The van der Waals surface area contributed by atoms with E-state index in [4.69, 9.17) is 4.89 Å². The molecule has 0 saturated carbocycles. The van der Waals surface area contributed by atoms with Gasteiger partial charge >= 0.3 is 0 Å². The van der Waals surface area contributed by atoms with Gasteiger partial charge in [0.05, 0.1) is 4.47 Å². The van der Waals surface area contributed by atoms with E-state index in [0.29, 0.717) is 11.1 Å². The second-order valence-corrected chi connectivity index (χ2v) is 9.42. The predicted molar refractivity (Wildman–Crippen MR) is 64.9 cm³/mol. The highest BCUT2D eigenvalue weighted by molar-refractivity contribution is 9.10. The molecule has 1 rings (SSSR count). The second kappa shape index (κ2) is 5.13. The zero-order chi connectivity index (χ0) is 14.2. The Morgan fingerprint density at radius 1 is 1.50 bits per heavy atom. The van der Waals surface area contributed by atoms with Gasteiger partial charge in [-0.05, 0) is 22.0 Å². The standard InChI is InChI=1S/C8H12BrNO6P2/c1-17(12,13)8(11,18(14,15)16)6-10-4-2-3-7(9)5-10/h2-5,11H,6H2,1H3,(H2-,12,13,14,15,16). The van der Waals surface area contributed by atoms with E-state index < -0.39 is 26.6 Å². The third kappa shape index (κ3) is 3.27. The molecule has 10 heteroatoms. The average molecular weight is 360 g/mol. The van der Waals surface area contributed by atoms with Crippen LogP contribution in [-0.4, -0.2) is 26.6 Å². The molecule has 102 valence electrons. The summed E-state index contributed by atoms with van der Waals surface area (Å²) in [7, 11) is -9.93. The molecule has 0 radical (unpaired) electrons. The largest absolute Gasteiger partial charge is 0.776 e. The summed E-state index contributed by atoms with van der Waals surface area (Å²) in [5, 5.41) is 6.73. The highest BCUT2D eigenvalue weighted by Crippen LogP contribution is 2.65. The number of aromatic nitrogens is 1. The van der Waals surface area contributed by atoms with Gasteiger partial charge in [0.25, 0.3) is 5.08 Å². The molecule has 0 aromatic carbocycles. The van der Waals surface area contributed by atoms with Gasteiger partial charge in [-0.2, -0.15) is 4.57 Å². The molecule has 0 saturated heterocycles. The minimum absolute atomic E-state index is 0.579. The number of halogens is 1. The first-order valence-corrected chi connectivity index (χ1v) is 9.16. The fraction of sp³-hybridized carbons (Fsp3) is 0.375. The Morgan fingerprint density at radius 2 is 2.06 bits per heavy atom. The number of rotatable bonds is 4. The lowest BCUT2D eigenvalue weighted by molar-refractivity contribution is -0.704. The van der Waals surface area contributed by atoms with Crippen molar-refractivity contribution >= 4 is 30.9 Å². The summed E-state index contributed by atoms with van der Waals surface area (Å²) in [4.78, 5) is 29.5. The van der Waals surface area contributed by atoms with E-state index in [9.17, 15) is 24.0 Å². The summed E-state index contributed by atoms with van der Waals surface area (Å²) >= 11 is 3.13. The van der Waals surface area contributed by atoms with Crippen LogP contribution >= 0.6 is 30.9 Å². The molecule has 3 unspecified atom stereocenters. The van der Waals surface area contributed by atoms with Crippen molar-refractivity contribution in [1.82, 2.24) is 0 Å².